The van der Waals surface area contributed by atoms with Crippen molar-refractivity contribution >= 4 is 11.3 Å². The Labute approximate surface area is 87.7 Å². The minimum absolute atomic E-state index is 0.972. The van der Waals surface area contributed by atoms with E-state index in [0.717, 1.165) is 12.1 Å². The lowest BCUT2D eigenvalue weighted by atomic mass is 10.3. The zero-order chi connectivity index (χ0) is 9.80. The predicted octanol–water partition coefficient (Wildman–Crippen LogP) is 3.16. The van der Waals surface area contributed by atoms with Gasteiger partial charge in [0.2, 0.25) is 0 Å². The molecule has 0 N–H and O–H groups in total. The average Bonchev–Trinajstić information content (AvgIpc) is 2.68. The van der Waals surface area contributed by atoms with Crippen molar-refractivity contribution in [3.8, 4) is 10.6 Å². The van der Waals surface area contributed by atoms with Gasteiger partial charge in [0.15, 0.2) is 0 Å². The third-order valence-corrected chi connectivity index (χ3v) is 3.14. The maximum atomic E-state index is 4.27. The van der Waals surface area contributed by atoms with Gasteiger partial charge in [0, 0.05) is 17.3 Å². The molecular weight excluding hydrogens is 192 g/mol. The minimum Gasteiger partial charge on any atom is -0.261 e. The molecule has 14 heavy (non-hydrogen) atoms. The molecule has 3 heteroatoms. The molecular formula is C11H12N2S. The standard InChI is InChI=1S/C11H12N2S/c1-2-3-9-4-5-11(14-9)10-8-12-6-7-13-10/h4-8H,2-3H2,1H3. The van der Waals surface area contributed by atoms with Crippen molar-refractivity contribution in [1.29, 1.82) is 0 Å². The molecule has 0 amide bonds. The van der Waals surface area contributed by atoms with Gasteiger partial charge in [-0.1, -0.05) is 13.3 Å². The molecule has 0 saturated heterocycles. The highest BCUT2D eigenvalue weighted by Gasteiger charge is 2.02. The Hall–Kier alpha value is -1.22. The van der Waals surface area contributed by atoms with Crippen LogP contribution in [-0.4, -0.2) is 9.97 Å². The van der Waals surface area contributed by atoms with Gasteiger partial charge in [-0.25, -0.2) is 0 Å². The van der Waals surface area contributed by atoms with E-state index in [1.54, 1.807) is 12.4 Å². The van der Waals surface area contributed by atoms with Crippen LogP contribution in [0.2, 0.25) is 0 Å². The molecule has 2 aromatic rings. The summed E-state index contributed by atoms with van der Waals surface area (Å²) in [5, 5.41) is 0. The molecule has 0 radical (unpaired) electrons. The van der Waals surface area contributed by atoms with Crippen LogP contribution in [0.4, 0.5) is 0 Å². The Morgan fingerprint density at radius 2 is 2.21 bits per heavy atom. The fraction of sp³-hybridized carbons (Fsp3) is 0.273. The number of hydrogen-bond donors (Lipinski definition) is 0. The van der Waals surface area contributed by atoms with E-state index in [1.165, 1.54) is 16.2 Å². The van der Waals surface area contributed by atoms with Crippen LogP contribution in [0.25, 0.3) is 10.6 Å². The Balaban J connectivity index is 2.25. The van der Waals surface area contributed by atoms with E-state index in [1.807, 2.05) is 17.5 Å². The Kier molecular flexibility index (Phi) is 2.89. The molecule has 2 aromatic heterocycles. The van der Waals surface area contributed by atoms with Gasteiger partial charge < -0.3 is 0 Å². The van der Waals surface area contributed by atoms with E-state index in [-0.39, 0.29) is 0 Å². The summed E-state index contributed by atoms with van der Waals surface area (Å²) in [7, 11) is 0. The molecule has 0 spiro atoms. The quantitative estimate of drug-likeness (QED) is 0.767. The van der Waals surface area contributed by atoms with Gasteiger partial charge in [-0.15, -0.1) is 11.3 Å². The van der Waals surface area contributed by atoms with E-state index < -0.39 is 0 Å². The predicted molar refractivity (Wildman–Crippen MR) is 59.3 cm³/mol. The van der Waals surface area contributed by atoms with Crippen LogP contribution < -0.4 is 0 Å². The molecule has 0 aromatic carbocycles. The zero-order valence-corrected chi connectivity index (χ0v) is 8.92. The van der Waals surface area contributed by atoms with Crippen LogP contribution in [0, 0.1) is 0 Å². The lowest BCUT2D eigenvalue weighted by molar-refractivity contribution is 0.940. The maximum Gasteiger partial charge on any atom is 0.0984 e. The van der Waals surface area contributed by atoms with E-state index >= 15 is 0 Å². The van der Waals surface area contributed by atoms with Gasteiger partial charge in [0.1, 0.15) is 0 Å². The van der Waals surface area contributed by atoms with E-state index in [2.05, 4.69) is 29.0 Å². The third-order valence-electron chi connectivity index (χ3n) is 1.97. The number of rotatable bonds is 3. The fourth-order valence-electron chi connectivity index (χ4n) is 1.32. The summed E-state index contributed by atoms with van der Waals surface area (Å²) in [5.74, 6) is 0. The van der Waals surface area contributed by atoms with Crippen molar-refractivity contribution in [2.24, 2.45) is 0 Å². The molecule has 0 unspecified atom stereocenters. The summed E-state index contributed by atoms with van der Waals surface area (Å²) < 4.78 is 0. The van der Waals surface area contributed by atoms with Gasteiger partial charge in [-0.3, -0.25) is 9.97 Å². The smallest absolute Gasteiger partial charge is 0.0984 e. The molecule has 72 valence electrons. The molecule has 0 saturated carbocycles. The van der Waals surface area contributed by atoms with Gasteiger partial charge >= 0.3 is 0 Å². The van der Waals surface area contributed by atoms with E-state index in [0.29, 0.717) is 0 Å². The molecule has 2 nitrogen and oxygen atoms in total. The first-order valence-corrected chi connectivity index (χ1v) is 5.57. The second-order valence-electron chi connectivity index (χ2n) is 3.11. The SMILES string of the molecule is CCCc1ccc(-c2cnccn2)s1. The van der Waals surface area contributed by atoms with Crippen LogP contribution in [0.1, 0.15) is 18.2 Å². The van der Waals surface area contributed by atoms with Gasteiger partial charge in [-0.2, -0.15) is 0 Å². The van der Waals surface area contributed by atoms with Crippen molar-refractivity contribution in [3.63, 3.8) is 0 Å². The highest BCUT2D eigenvalue weighted by molar-refractivity contribution is 7.15. The number of hydrogen-bond acceptors (Lipinski definition) is 3. The molecule has 2 rings (SSSR count). The van der Waals surface area contributed by atoms with Crippen LogP contribution in [-0.2, 0) is 6.42 Å². The van der Waals surface area contributed by atoms with Crippen molar-refractivity contribution in [2.75, 3.05) is 0 Å². The second kappa shape index (κ2) is 4.33. The molecule has 0 atom stereocenters. The van der Waals surface area contributed by atoms with E-state index in [9.17, 15) is 0 Å². The molecule has 2 heterocycles. The summed E-state index contributed by atoms with van der Waals surface area (Å²) in [6.07, 6.45) is 7.59. The third kappa shape index (κ3) is 1.99. The zero-order valence-electron chi connectivity index (χ0n) is 8.10. The lowest BCUT2D eigenvalue weighted by Crippen LogP contribution is -1.79. The monoisotopic (exact) mass is 204 g/mol. The lowest BCUT2D eigenvalue weighted by Gasteiger charge is -1.93. The maximum absolute atomic E-state index is 4.27. The van der Waals surface area contributed by atoms with Crippen LogP contribution >= 0.6 is 11.3 Å². The topological polar surface area (TPSA) is 25.8 Å². The van der Waals surface area contributed by atoms with Crippen LogP contribution in [0.3, 0.4) is 0 Å². The normalized spacial score (nSPS) is 10.4. The average molecular weight is 204 g/mol. The summed E-state index contributed by atoms with van der Waals surface area (Å²) in [6, 6.07) is 4.30. The van der Waals surface area contributed by atoms with Gasteiger partial charge in [-0.05, 0) is 18.6 Å². The largest absolute Gasteiger partial charge is 0.261 e. The van der Waals surface area contributed by atoms with Gasteiger partial charge in [0.25, 0.3) is 0 Å². The first kappa shape index (κ1) is 9.34. The molecule has 0 aliphatic heterocycles. The second-order valence-corrected chi connectivity index (χ2v) is 4.27. The van der Waals surface area contributed by atoms with Gasteiger partial charge in [0.05, 0.1) is 16.8 Å². The van der Waals surface area contributed by atoms with Crippen molar-refractivity contribution in [1.82, 2.24) is 9.97 Å². The van der Waals surface area contributed by atoms with Crippen molar-refractivity contribution < 1.29 is 0 Å². The highest BCUT2D eigenvalue weighted by atomic mass is 32.1. The molecule has 0 aliphatic carbocycles. The summed E-state index contributed by atoms with van der Waals surface area (Å²) in [6.45, 7) is 2.20. The van der Waals surface area contributed by atoms with Crippen molar-refractivity contribution in [2.45, 2.75) is 19.8 Å². The van der Waals surface area contributed by atoms with Crippen LogP contribution in [0.5, 0.6) is 0 Å². The highest BCUT2D eigenvalue weighted by Crippen LogP contribution is 2.26. The summed E-state index contributed by atoms with van der Waals surface area (Å²) >= 11 is 1.81. The molecule has 0 fully saturated rings. The molecule has 0 aliphatic rings. The fourth-order valence-corrected chi connectivity index (χ4v) is 2.39. The Morgan fingerprint density at radius 3 is 2.93 bits per heavy atom. The summed E-state index contributed by atoms with van der Waals surface area (Å²) in [5.41, 5.74) is 0.972. The number of aromatic nitrogens is 2. The number of nitrogens with zero attached hydrogens (tertiary/aromatic N) is 2. The first-order valence-electron chi connectivity index (χ1n) is 4.75. The Morgan fingerprint density at radius 1 is 1.29 bits per heavy atom. The first-order chi connectivity index (χ1) is 6.90. The van der Waals surface area contributed by atoms with Crippen molar-refractivity contribution in [3.05, 3.63) is 35.6 Å². The number of thiophene rings is 1. The number of aryl methyl sites for hydroxylation is 1. The summed E-state index contributed by atoms with van der Waals surface area (Å²) in [4.78, 5) is 11.0. The minimum atomic E-state index is 0.972. The van der Waals surface area contributed by atoms with E-state index in [4.69, 9.17) is 0 Å². The van der Waals surface area contributed by atoms with Crippen LogP contribution in [0.15, 0.2) is 30.7 Å². The molecule has 0 bridgehead atoms. The Bertz CT molecular complexity index is 395.